The monoisotopic (exact) mass is 291 g/mol. The van der Waals surface area contributed by atoms with E-state index in [2.05, 4.69) is 37.1 Å². The third-order valence-corrected chi connectivity index (χ3v) is 4.48. The predicted molar refractivity (Wildman–Crippen MR) is 85.1 cm³/mol. The summed E-state index contributed by atoms with van der Waals surface area (Å²) in [6, 6.07) is 2.52. The quantitative estimate of drug-likeness (QED) is 0.904. The highest BCUT2D eigenvalue weighted by molar-refractivity contribution is 5.15. The van der Waals surface area contributed by atoms with E-state index in [1.165, 1.54) is 12.8 Å². The van der Waals surface area contributed by atoms with Gasteiger partial charge in [0.05, 0.1) is 5.69 Å². The second kappa shape index (κ2) is 6.84. The topological polar surface area (TPSA) is 47.0 Å². The van der Waals surface area contributed by atoms with Gasteiger partial charge in [0, 0.05) is 25.4 Å². The molecular weight excluding hydrogens is 262 g/mol. The van der Waals surface area contributed by atoms with E-state index in [9.17, 15) is 0 Å². The van der Waals surface area contributed by atoms with Crippen molar-refractivity contribution in [2.75, 3.05) is 7.11 Å². The Kier molecular flexibility index (Phi) is 5.33. The van der Waals surface area contributed by atoms with Crippen molar-refractivity contribution in [3.05, 3.63) is 23.3 Å². The number of aryl methyl sites for hydroxylation is 1. The SMILES string of the molecule is COC1(c2nc(C)cc(CNC(C)C)n2)CCC(C)CC1. The van der Waals surface area contributed by atoms with Crippen molar-refractivity contribution in [1.29, 1.82) is 0 Å². The molecule has 1 aliphatic carbocycles. The van der Waals surface area contributed by atoms with E-state index < -0.39 is 0 Å². The maximum absolute atomic E-state index is 5.90. The molecule has 21 heavy (non-hydrogen) atoms. The van der Waals surface area contributed by atoms with Gasteiger partial charge in [-0.2, -0.15) is 0 Å². The molecule has 0 radical (unpaired) electrons. The van der Waals surface area contributed by atoms with Gasteiger partial charge in [-0.05, 0) is 44.6 Å². The van der Waals surface area contributed by atoms with Gasteiger partial charge in [-0.25, -0.2) is 9.97 Å². The van der Waals surface area contributed by atoms with Crippen LogP contribution in [0.25, 0.3) is 0 Å². The molecule has 1 aromatic rings. The first-order chi connectivity index (χ1) is 9.95. The number of nitrogens with zero attached hydrogens (tertiary/aromatic N) is 2. The summed E-state index contributed by atoms with van der Waals surface area (Å²) in [4.78, 5) is 9.49. The van der Waals surface area contributed by atoms with Gasteiger partial charge in [0.25, 0.3) is 0 Å². The first kappa shape index (κ1) is 16.4. The summed E-state index contributed by atoms with van der Waals surface area (Å²) in [5.41, 5.74) is 1.79. The highest BCUT2D eigenvalue weighted by atomic mass is 16.5. The Hall–Kier alpha value is -1.00. The van der Waals surface area contributed by atoms with Gasteiger partial charge in [-0.15, -0.1) is 0 Å². The van der Waals surface area contributed by atoms with Gasteiger partial charge in [-0.3, -0.25) is 0 Å². The van der Waals surface area contributed by atoms with Crippen LogP contribution in [0.4, 0.5) is 0 Å². The fourth-order valence-corrected chi connectivity index (χ4v) is 2.98. The van der Waals surface area contributed by atoms with Crippen LogP contribution in [0, 0.1) is 12.8 Å². The van der Waals surface area contributed by atoms with Gasteiger partial charge >= 0.3 is 0 Å². The molecule has 1 N–H and O–H groups in total. The minimum absolute atomic E-state index is 0.287. The van der Waals surface area contributed by atoms with Crippen molar-refractivity contribution in [1.82, 2.24) is 15.3 Å². The molecule has 0 aliphatic heterocycles. The average molecular weight is 291 g/mol. The molecule has 2 rings (SSSR count). The zero-order valence-corrected chi connectivity index (χ0v) is 14.1. The number of ether oxygens (including phenoxy) is 1. The number of hydrogen-bond donors (Lipinski definition) is 1. The Balaban J connectivity index is 2.24. The number of nitrogens with one attached hydrogen (secondary N) is 1. The van der Waals surface area contributed by atoms with E-state index in [0.717, 1.165) is 42.5 Å². The van der Waals surface area contributed by atoms with Crippen LogP contribution in [0.15, 0.2) is 6.07 Å². The maximum Gasteiger partial charge on any atom is 0.160 e. The molecule has 1 heterocycles. The summed E-state index contributed by atoms with van der Waals surface area (Å²) in [6.45, 7) is 9.43. The predicted octanol–water partition coefficient (Wildman–Crippen LogP) is 3.33. The molecule has 0 unspecified atom stereocenters. The second-order valence-corrected chi connectivity index (χ2v) is 6.74. The number of methoxy groups -OCH3 is 1. The van der Waals surface area contributed by atoms with E-state index in [0.29, 0.717) is 6.04 Å². The van der Waals surface area contributed by atoms with Crippen molar-refractivity contribution in [2.45, 2.75) is 71.6 Å². The molecule has 1 aromatic heterocycles. The summed E-state index contributed by atoms with van der Waals surface area (Å²) >= 11 is 0. The van der Waals surface area contributed by atoms with Crippen LogP contribution < -0.4 is 5.32 Å². The minimum Gasteiger partial charge on any atom is -0.370 e. The molecule has 1 aliphatic rings. The lowest BCUT2D eigenvalue weighted by Crippen LogP contribution is -2.36. The molecule has 4 nitrogen and oxygen atoms in total. The van der Waals surface area contributed by atoms with Gasteiger partial charge in [0.2, 0.25) is 0 Å². The molecule has 0 bridgehead atoms. The van der Waals surface area contributed by atoms with Crippen LogP contribution in [0.2, 0.25) is 0 Å². The van der Waals surface area contributed by atoms with Gasteiger partial charge < -0.3 is 10.1 Å². The number of hydrogen-bond acceptors (Lipinski definition) is 4. The van der Waals surface area contributed by atoms with Crippen LogP contribution in [0.1, 0.15) is 63.7 Å². The van der Waals surface area contributed by atoms with E-state index >= 15 is 0 Å². The van der Waals surface area contributed by atoms with Crippen molar-refractivity contribution in [3.63, 3.8) is 0 Å². The summed E-state index contributed by atoms with van der Waals surface area (Å²) in [5, 5.41) is 3.43. The van der Waals surface area contributed by atoms with Crippen LogP contribution in [-0.2, 0) is 16.9 Å². The zero-order valence-electron chi connectivity index (χ0n) is 14.1. The number of aromatic nitrogens is 2. The molecular formula is C17H29N3O. The zero-order chi connectivity index (χ0) is 15.5. The van der Waals surface area contributed by atoms with Crippen molar-refractivity contribution in [2.24, 2.45) is 5.92 Å². The van der Waals surface area contributed by atoms with Crippen LogP contribution in [-0.4, -0.2) is 23.1 Å². The van der Waals surface area contributed by atoms with E-state index in [4.69, 9.17) is 9.72 Å². The van der Waals surface area contributed by atoms with Crippen LogP contribution in [0.3, 0.4) is 0 Å². The molecule has 1 saturated carbocycles. The van der Waals surface area contributed by atoms with E-state index in [-0.39, 0.29) is 5.60 Å². The Bertz CT molecular complexity index is 465. The van der Waals surface area contributed by atoms with E-state index in [1.54, 1.807) is 7.11 Å². The largest absolute Gasteiger partial charge is 0.370 e. The summed E-state index contributed by atoms with van der Waals surface area (Å²) in [7, 11) is 1.80. The third-order valence-electron chi connectivity index (χ3n) is 4.48. The molecule has 118 valence electrons. The first-order valence-corrected chi connectivity index (χ1v) is 8.09. The molecule has 0 saturated heterocycles. The van der Waals surface area contributed by atoms with Gasteiger partial charge in [-0.1, -0.05) is 20.8 Å². The van der Waals surface area contributed by atoms with E-state index in [1.807, 2.05) is 6.92 Å². The molecule has 1 fully saturated rings. The third kappa shape index (κ3) is 4.01. The Labute approximate surface area is 128 Å². The lowest BCUT2D eigenvalue weighted by molar-refractivity contribution is -0.0600. The number of rotatable bonds is 5. The lowest BCUT2D eigenvalue weighted by Gasteiger charge is -2.37. The van der Waals surface area contributed by atoms with Crippen molar-refractivity contribution in [3.8, 4) is 0 Å². The Morgan fingerprint density at radius 3 is 2.57 bits per heavy atom. The molecule has 0 amide bonds. The molecule has 4 heteroatoms. The average Bonchev–Trinajstić information content (AvgIpc) is 2.46. The van der Waals surface area contributed by atoms with Crippen molar-refractivity contribution >= 4 is 0 Å². The summed E-state index contributed by atoms with van der Waals surface area (Å²) in [5.74, 6) is 1.65. The summed E-state index contributed by atoms with van der Waals surface area (Å²) in [6.07, 6.45) is 4.41. The van der Waals surface area contributed by atoms with Gasteiger partial charge in [0.1, 0.15) is 5.60 Å². The highest BCUT2D eigenvalue weighted by Gasteiger charge is 2.38. The molecule has 0 aromatic carbocycles. The molecule has 0 spiro atoms. The standard InChI is InChI=1S/C17H29N3O/c1-12(2)18-11-15-10-14(4)19-16(20-15)17(21-5)8-6-13(3)7-9-17/h10,12-13,18H,6-9,11H2,1-5H3. The van der Waals surface area contributed by atoms with Crippen LogP contribution >= 0.6 is 0 Å². The smallest absolute Gasteiger partial charge is 0.160 e. The fourth-order valence-electron chi connectivity index (χ4n) is 2.98. The normalized spacial score (nSPS) is 26.3. The fraction of sp³-hybridized carbons (Fsp3) is 0.765. The maximum atomic E-state index is 5.90. The van der Waals surface area contributed by atoms with Crippen LogP contribution in [0.5, 0.6) is 0 Å². The second-order valence-electron chi connectivity index (χ2n) is 6.74. The minimum atomic E-state index is -0.287. The van der Waals surface area contributed by atoms with Crippen molar-refractivity contribution < 1.29 is 4.74 Å². The summed E-state index contributed by atoms with van der Waals surface area (Å²) < 4.78 is 5.90. The Morgan fingerprint density at radius 2 is 2.00 bits per heavy atom. The Morgan fingerprint density at radius 1 is 1.33 bits per heavy atom. The molecule has 0 atom stereocenters. The first-order valence-electron chi connectivity index (χ1n) is 8.09. The van der Waals surface area contributed by atoms with Gasteiger partial charge in [0.15, 0.2) is 5.82 Å². The highest BCUT2D eigenvalue weighted by Crippen LogP contribution is 2.40. The lowest BCUT2D eigenvalue weighted by atomic mass is 9.79.